The first kappa shape index (κ1) is 11.0. The van der Waals surface area contributed by atoms with Crippen LogP contribution in [-0.2, 0) is 4.79 Å². The fraction of sp³-hybridized carbons (Fsp3) is 0.286. The Morgan fingerprint density at radius 2 is 1.94 bits per heavy atom. The highest BCUT2D eigenvalue weighted by Crippen LogP contribution is 2.41. The summed E-state index contributed by atoms with van der Waals surface area (Å²) in [6, 6.07) is 8.30. The third kappa shape index (κ3) is 1.90. The number of carboxylic acids is 1. The number of hydrogen-bond acceptors (Lipinski definition) is 2. The number of hydrogen-bond donors (Lipinski definition) is 2. The van der Waals surface area contributed by atoms with E-state index in [1.165, 1.54) is 5.56 Å². The maximum absolute atomic E-state index is 10.8. The molecule has 0 radical (unpaired) electrons. The minimum atomic E-state index is -0.665. The number of carboxylic acid groups (broad SMARTS) is 1. The van der Waals surface area contributed by atoms with Crippen LogP contribution in [0, 0.1) is 5.92 Å². The summed E-state index contributed by atoms with van der Waals surface area (Å²) in [5.74, 6) is -0.408. The molecule has 0 bridgehead atoms. The zero-order chi connectivity index (χ0) is 12.5. The predicted octanol–water partition coefficient (Wildman–Crippen LogP) is 2.65. The minimum absolute atomic E-state index is 0.149. The van der Waals surface area contributed by atoms with Gasteiger partial charge in [-0.1, -0.05) is 24.3 Å². The molecular formula is C14H14N2O2. The SMILES string of the molecule is O=C(O)C1CC(c2ccc(-c3cn[nH]c3)cc2)C1. The van der Waals surface area contributed by atoms with Gasteiger partial charge in [0, 0.05) is 11.8 Å². The van der Waals surface area contributed by atoms with E-state index in [1.54, 1.807) is 6.20 Å². The predicted molar refractivity (Wildman–Crippen MR) is 67.1 cm³/mol. The summed E-state index contributed by atoms with van der Waals surface area (Å²) in [4.78, 5) is 10.8. The molecule has 1 heterocycles. The van der Waals surface area contributed by atoms with Crippen molar-refractivity contribution < 1.29 is 9.90 Å². The lowest BCUT2D eigenvalue weighted by atomic mass is 9.71. The Bertz CT molecular complexity index is 540. The van der Waals surface area contributed by atoms with Gasteiger partial charge in [-0.3, -0.25) is 9.89 Å². The summed E-state index contributed by atoms with van der Waals surface area (Å²) in [6.07, 6.45) is 5.18. The molecule has 1 aliphatic carbocycles. The lowest BCUT2D eigenvalue weighted by molar-refractivity contribution is -0.145. The van der Waals surface area contributed by atoms with Gasteiger partial charge in [0.05, 0.1) is 12.1 Å². The van der Waals surface area contributed by atoms with Crippen LogP contribution in [0.4, 0.5) is 0 Å². The van der Waals surface area contributed by atoms with E-state index in [4.69, 9.17) is 5.11 Å². The quantitative estimate of drug-likeness (QED) is 0.869. The number of nitrogens with zero attached hydrogens (tertiary/aromatic N) is 1. The number of aliphatic carboxylic acids is 1. The monoisotopic (exact) mass is 242 g/mol. The number of aromatic amines is 1. The van der Waals surface area contributed by atoms with Gasteiger partial charge in [0.15, 0.2) is 0 Å². The van der Waals surface area contributed by atoms with E-state index in [2.05, 4.69) is 34.5 Å². The number of H-pyrrole nitrogens is 1. The second-order valence-electron chi connectivity index (χ2n) is 4.81. The van der Waals surface area contributed by atoms with Crippen molar-refractivity contribution in [3.63, 3.8) is 0 Å². The topological polar surface area (TPSA) is 66.0 Å². The van der Waals surface area contributed by atoms with Crippen LogP contribution in [0.5, 0.6) is 0 Å². The molecule has 0 amide bonds. The zero-order valence-corrected chi connectivity index (χ0v) is 9.84. The van der Waals surface area contributed by atoms with Crippen LogP contribution < -0.4 is 0 Å². The van der Waals surface area contributed by atoms with Gasteiger partial charge in [-0.2, -0.15) is 5.10 Å². The van der Waals surface area contributed by atoms with E-state index in [9.17, 15) is 4.79 Å². The smallest absolute Gasteiger partial charge is 0.306 e. The maximum atomic E-state index is 10.8. The highest BCUT2D eigenvalue weighted by Gasteiger charge is 2.35. The first-order valence-electron chi connectivity index (χ1n) is 6.06. The van der Waals surface area contributed by atoms with E-state index in [1.807, 2.05) is 6.20 Å². The van der Waals surface area contributed by atoms with Gasteiger partial charge >= 0.3 is 5.97 Å². The van der Waals surface area contributed by atoms with Crippen molar-refractivity contribution in [2.75, 3.05) is 0 Å². The maximum Gasteiger partial charge on any atom is 0.306 e. The van der Waals surface area contributed by atoms with Crippen molar-refractivity contribution >= 4 is 5.97 Å². The van der Waals surface area contributed by atoms with Crippen molar-refractivity contribution in [1.82, 2.24) is 10.2 Å². The van der Waals surface area contributed by atoms with Crippen molar-refractivity contribution in [2.24, 2.45) is 5.92 Å². The number of nitrogens with one attached hydrogen (secondary N) is 1. The Kier molecular flexibility index (Phi) is 2.63. The fourth-order valence-corrected chi connectivity index (χ4v) is 2.45. The lowest BCUT2D eigenvalue weighted by Gasteiger charge is -2.32. The lowest BCUT2D eigenvalue weighted by Crippen LogP contribution is -2.28. The van der Waals surface area contributed by atoms with E-state index in [0.29, 0.717) is 5.92 Å². The Labute approximate surface area is 105 Å². The Morgan fingerprint density at radius 1 is 1.22 bits per heavy atom. The number of carbonyl (C=O) groups is 1. The third-order valence-corrected chi connectivity index (χ3v) is 3.70. The van der Waals surface area contributed by atoms with Crippen LogP contribution in [0.2, 0.25) is 0 Å². The normalized spacial score (nSPS) is 22.4. The molecule has 0 saturated heterocycles. The second-order valence-corrected chi connectivity index (χ2v) is 4.81. The largest absolute Gasteiger partial charge is 0.481 e. The van der Waals surface area contributed by atoms with Gasteiger partial charge < -0.3 is 5.11 Å². The van der Waals surface area contributed by atoms with Crippen LogP contribution in [0.15, 0.2) is 36.7 Å². The molecule has 0 unspecified atom stereocenters. The first-order valence-corrected chi connectivity index (χ1v) is 6.06. The Balaban J connectivity index is 1.71. The van der Waals surface area contributed by atoms with E-state index in [0.717, 1.165) is 24.0 Å². The molecule has 18 heavy (non-hydrogen) atoms. The van der Waals surface area contributed by atoms with Crippen LogP contribution >= 0.6 is 0 Å². The van der Waals surface area contributed by atoms with Gasteiger partial charge in [0.2, 0.25) is 0 Å². The van der Waals surface area contributed by atoms with Crippen molar-refractivity contribution in [1.29, 1.82) is 0 Å². The van der Waals surface area contributed by atoms with Crippen molar-refractivity contribution in [3.05, 3.63) is 42.2 Å². The minimum Gasteiger partial charge on any atom is -0.481 e. The highest BCUT2D eigenvalue weighted by atomic mass is 16.4. The van der Waals surface area contributed by atoms with Crippen molar-refractivity contribution in [3.8, 4) is 11.1 Å². The fourth-order valence-electron chi connectivity index (χ4n) is 2.45. The second kappa shape index (κ2) is 4.29. The molecular weight excluding hydrogens is 228 g/mol. The molecule has 2 aromatic rings. The Morgan fingerprint density at radius 3 is 2.50 bits per heavy atom. The molecule has 1 saturated carbocycles. The van der Waals surface area contributed by atoms with Crippen LogP contribution in [0.1, 0.15) is 24.3 Å². The van der Waals surface area contributed by atoms with Gasteiger partial charge in [0.25, 0.3) is 0 Å². The molecule has 0 spiro atoms. The zero-order valence-electron chi connectivity index (χ0n) is 9.84. The Hall–Kier alpha value is -2.10. The van der Waals surface area contributed by atoms with Crippen molar-refractivity contribution in [2.45, 2.75) is 18.8 Å². The summed E-state index contributed by atoms with van der Waals surface area (Å²) < 4.78 is 0. The average molecular weight is 242 g/mol. The molecule has 1 fully saturated rings. The summed E-state index contributed by atoms with van der Waals surface area (Å²) in [7, 11) is 0. The molecule has 1 aliphatic rings. The van der Waals surface area contributed by atoms with E-state index in [-0.39, 0.29) is 5.92 Å². The summed E-state index contributed by atoms with van der Waals surface area (Å²) >= 11 is 0. The summed E-state index contributed by atoms with van der Waals surface area (Å²) in [5.41, 5.74) is 3.43. The molecule has 3 rings (SSSR count). The number of benzene rings is 1. The molecule has 4 heteroatoms. The highest BCUT2D eigenvalue weighted by molar-refractivity contribution is 5.71. The first-order chi connectivity index (χ1) is 8.74. The summed E-state index contributed by atoms with van der Waals surface area (Å²) in [5, 5.41) is 15.6. The van der Waals surface area contributed by atoms with Crippen LogP contribution in [0.25, 0.3) is 11.1 Å². The van der Waals surface area contributed by atoms with E-state index < -0.39 is 5.97 Å². The van der Waals surface area contributed by atoms with Gasteiger partial charge in [-0.05, 0) is 29.9 Å². The van der Waals surface area contributed by atoms with Crippen LogP contribution in [0.3, 0.4) is 0 Å². The average Bonchev–Trinajstić information content (AvgIpc) is 2.81. The molecule has 1 aromatic carbocycles. The van der Waals surface area contributed by atoms with Crippen LogP contribution in [-0.4, -0.2) is 21.3 Å². The number of aromatic nitrogens is 2. The van der Waals surface area contributed by atoms with Gasteiger partial charge in [0.1, 0.15) is 0 Å². The summed E-state index contributed by atoms with van der Waals surface area (Å²) in [6.45, 7) is 0. The van der Waals surface area contributed by atoms with Gasteiger partial charge in [-0.25, -0.2) is 0 Å². The third-order valence-electron chi connectivity index (χ3n) is 3.70. The standard InChI is InChI=1S/C14H14N2O2/c17-14(18)12-5-11(6-12)9-1-3-10(4-2-9)13-7-15-16-8-13/h1-4,7-8,11-12H,5-6H2,(H,15,16)(H,17,18). The molecule has 0 aliphatic heterocycles. The molecule has 2 N–H and O–H groups in total. The number of rotatable bonds is 3. The molecule has 1 aromatic heterocycles. The molecule has 92 valence electrons. The van der Waals surface area contributed by atoms with Gasteiger partial charge in [-0.15, -0.1) is 0 Å². The molecule has 4 nitrogen and oxygen atoms in total. The molecule has 0 atom stereocenters. The van der Waals surface area contributed by atoms with E-state index >= 15 is 0 Å².